The fourth-order valence-corrected chi connectivity index (χ4v) is 1.21. The van der Waals surface area contributed by atoms with Crippen LogP contribution in [0, 0.1) is 0 Å². The zero-order valence-corrected chi connectivity index (χ0v) is 8.58. The third kappa shape index (κ3) is 2.59. The second kappa shape index (κ2) is 4.06. The number of rotatable bonds is 2. The highest BCUT2D eigenvalue weighted by Gasteiger charge is 2.34. The van der Waals surface area contributed by atoms with Crippen LogP contribution in [0.1, 0.15) is 11.1 Å². The highest BCUT2D eigenvalue weighted by Crippen LogP contribution is 2.36. The molecule has 0 unspecified atom stereocenters. The molecule has 1 aromatic rings. The van der Waals surface area contributed by atoms with Gasteiger partial charge in [-0.15, -0.1) is 0 Å². The third-order valence-electron chi connectivity index (χ3n) is 1.79. The van der Waals surface area contributed by atoms with Crippen LogP contribution < -0.4 is 10.5 Å². The zero-order valence-electron chi connectivity index (χ0n) is 7.76. The summed E-state index contributed by atoms with van der Waals surface area (Å²) in [7, 11) is 1.17. The monoisotopic (exact) mass is 235 g/mol. The van der Waals surface area contributed by atoms with Gasteiger partial charge in [-0.1, -0.05) is 12.2 Å². The minimum absolute atomic E-state index is 0.0804. The van der Waals surface area contributed by atoms with E-state index in [1.807, 2.05) is 0 Å². The molecule has 0 fully saturated rings. The molecule has 0 saturated carbocycles. The number of hydrogen-bond acceptors (Lipinski definition) is 2. The quantitative estimate of drug-likeness (QED) is 0.799. The first-order chi connectivity index (χ1) is 6.86. The number of nitrogens with two attached hydrogens (primary N) is 1. The van der Waals surface area contributed by atoms with Gasteiger partial charge < -0.3 is 10.5 Å². The lowest BCUT2D eigenvalue weighted by atomic mass is 10.1. The van der Waals surface area contributed by atoms with E-state index in [0.717, 1.165) is 6.07 Å². The van der Waals surface area contributed by atoms with E-state index in [4.69, 9.17) is 5.73 Å². The molecule has 82 valence electrons. The summed E-state index contributed by atoms with van der Waals surface area (Å²) < 4.78 is 42.1. The summed E-state index contributed by atoms with van der Waals surface area (Å²) in [6.45, 7) is 0. The van der Waals surface area contributed by atoms with Crippen LogP contribution >= 0.6 is 12.2 Å². The maximum absolute atomic E-state index is 12.5. The molecular weight excluding hydrogens is 227 g/mol. The van der Waals surface area contributed by atoms with Crippen molar-refractivity contribution in [3.05, 3.63) is 29.3 Å². The number of methoxy groups -OCH3 is 1. The van der Waals surface area contributed by atoms with Gasteiger partial charge in [-0.25, -0.2) is 0 Å². The predicted octanol–water partition coefficient (Wildman–Crippen LogP) is 2.35. The Hall–Kier alpha value is -1.30. The van der Waals surface area contributed by atoms with Crippen molar-refractivity contribution >= 4 is 17.2 Å². The largest absolute Gasteiger partial charge is 0.496 e. The molecule has 0 aliphatic rings. The molecule has 0 aliphatic carbocycles. The van der Waals surface area contributed by atoms with Crippen molar-refractivity contribution in [2.45, 2.75) is 6.18 Å². The van der Waals surface area contributed by atoms with Gasteiger partial charge in [-0.2, -0.15) is 13.2 Å². The Morgan fingerprint density at radius 1 is 1.40 bits per heavy atom. The Morgan fingerprint density at radius 2 is 2.00 bits per heavy atom. The zero-order chi connectivity index (χ0) is 11.6. The molecule has 0 heterocycles. The standard InChI is InChI=1S/C9H8F3NOS/c1-14-7-3-2-5(8(13)15)4-6(7)9(10,11)12/h2-4H,1H3,(H2,13,15). The van der Waals surface area contributed by atoms with Gasteiger partial charge in [0.25, 0.3) is 0 Å². The van der Waals surface area contributed by atoms with Crippen LogP contribution in [0.4, 0.5) is 13.2 Å². The van der Waals surface area contributed by atoms with Crippen LogP contribution in [0.3, 0.4) is 0 Å². The summed E-state index contributed by atoms with van der Waals surface area (Å²) in [5, 5.41) is 0. The van der Waals surface area contributed by atoms with E-state index < -0.39 is 11.7 Å². The number of thiocarbonyl (C=S) groups is 1. The lowest BCUT2D eigenvalue weighted by Crippen LogP contribution is -2.13. The number of ether oxygens (including phenoxy) is 1. The minimum Gasteiger partial charge on any atom is -0.496 e. The smallest absolute Gasteiger partial charge is 0.419 e. The first-order valence-electron chi connectivity index (χ1n) is 3.91. The Balaban J connectivity index is 3.32. The number of halogens is 3. The van der Waals surface area contributed by atoms with Crippen molar-refractivity contribution < 1.29 is 17.9 Å². The van der Waals surface area contributed by atoms with Gasteiger partial charge >= 0.3 is 6.18 Å². The molecule has 0 radical (unpaired) electrons. The number of hydrogen-bond donors (Lipinski definition) is 1. The lowest BCUT2D eigenvalue weighted by Gasteiger charge is -2.12. The second-order valence-electron chi connectivity index (χ2n) is 2.78. The predicted molar refractivity (Wildman–Crippen MR) is 53.9 cm³/mol. The van der Waals surface area contributed by atoms with Crippen molar-refractivity contribution in [3.8, 4) is 5.75 Å². The topological polar surface area (TPSA) is 35.2 Å². The molecule has 2 nitrogen and oxygen atoms in total. The second-order valence-corrected chi connectivity index (χ2v) is 3.22. The number of alkyl halides is 3. The summed E-state index contributed by atoms with van der Waals surface area (Å²) in [6.07, 6.45) is -4.48. The van der Waals surface area contributed by atoms with Crippen molar-refractivity contribution in [1.29, 1.82) is 0 Å². The van der Waals surface area contributed by atoms with Crippen molar-refractivity contribution in [2.75, 3.05) is 7.11 Å². The highest BCUT2D eigenvalue weighted by atomic mass is 32.1. The molecule has 0 atom stereocenters. The molecule has 6 heteroatoms. The average Bonchev–Trinajstić information content (AvgIpc) is 2.15. The Labute approximate surface area is 89.8 Å². The van der Waals surface area contributed by atoms with Gasteiger partial charge in [0.1, 0.15) is 10.7 Å². The molecule has 0 saturated heterocycles. The van der Waals surface area contributed by atoms with Gasteiger partial charge in [0.2, 0.25) is 0 Å². The highest BCUT2D eigenvalue weighted by molar-refractivity contribution is 7.80. The Morgan fingerprint density at radius 3 is 2.40 bits per heavy atom. The molecule has 0 aromatic heterocycles. The van der Waals surface area contributed by atoms with Crippen LogP contribution in [-0.4, -0.2) is 12.1 Å². The van der Waals surface area contributed by atoms with E-state index >= 15 is 0 Å². The van der Waals surface area contributed by atoms with Crippen LogP contribution in [0.25, 0.3) is 0 Å². The molecule has 2 N–H and O–H groups in total. The van der Waals surface area contributed by atoms with E-state index in [0.29, 0.717) is 0 Å². The third-order valence-corrected chi connectivity index (χ3v) is 2.03. The van der Waals surface area contributed by atoms with Gasteiger partial charge in [0.15, 0.2) is 0 Å². The summed E-state index contributed by atoms with van der Waals surface area (Å²) in [6, 6.07) is 3.45. The van der Waals surface area contributed by atoms with E-state index in [-0.39, 0.29) is 16.3 Å². The summed E-state index contributed by atoms with van der Waals surface area (Å²) in [5.74, 6) is -0.248. The molecule has 0 amide bonds. The van der Waals surface area contributed by atoms with Crippen LogP contribution in [0.2, 0.25) is 0 Å². The van der Waals surface area contributed by atoms with Gasteiger partial charge in [0, 0.05) is 5.56 Å². The SMILES string of the molecule is COc1ccc(C(N)=S)cc1C(F)(F)F. The van der Waals surface area contributed by atoms with Crippen LogP contribution in [0.15, 0.2) is 18.2 Å². The van der Waals surface area contributed by atoms with E-state index in [1.54, 1.807) is 0 Å². The normalized spacial score (nSPS) is 11.2. The Kier molecular flexibility index (Phi) is 3.18. The molecule has 0 aliphatic heterocycles. The molecule has 0 bridgehead atoms. The number of benzene rings is 1. The molecule has 0 spiro atoms. The minimum atomic E-state index is -4.48. The maximum Gasteiger partial charge on any atom is 0.419 e. The fraction of sp³-hybridized carbons (Fsp3) is 0.222. The molecule has 1 rings (SSSR count). The lowest BCUT2D eigenvalue weighted by molar-refractivity contribution is -0.138. The average molecular weight is 235 g/mol. The van der Waals surface area contributed by atoms with Gasteiger partial charge in [0.05, 0.1) is 12.7 Å². The van der Waals surface area contributed by atoms with Gasteiger partial charge in [-0.05, 0) is 18.2 Å². The molecule has 1 aromatic carbocycles. The van der Waals surface area contributed by atoms with Crippen LogP contribution in [0.5, 0.6) is 5.75 Å². The Bertz CT molecular complexity index is 389. The van der Waals surface area contributed by atoms with E-state index in [1.165, 1.54) is 19.2 Å². The first kappa shape index (κ1) is 11.8. The summed E-state index contributed by atoms with van der Waals surface area (Å²) >= 11 is 4.59. The van der Waals surface area contributed by atoms with Crippen molar-refractivity contribution in [2.24, 2.45) is 5.73 Å². The fourth-order valence-electron chi connectivity index (χ4n) is 1.08. The van der Waals surface area contributed by atoms with Gasteiger partial charge in [-0.3, -0.25) is 0 Å². The van der Waals surface area contributed by atoms with E-state index in [9.17, 15) is 13.2 Å². The van der Waals surface area contributed by atoms with E-state index in [2.05, 4.69) is 17.0 Å². The molecular formula is C9H8F3NOS. The van der Waals surface area contributed by atoms with Crippen molar-refractivity contribution in [3.63, 3.8) is 0 Å². The van der Waals surface area contributed by atoms with Crippen LogP contribution in [-0.2, 0) is 6.18 Å². The summed E-state index contributed by atoms with van der Waals surface area (Å²) in [4.78, 5) is -0.0804. The first-order valence-corrected chi connectivity index (χ1v) is 4.32. The maximum atomic E-state index is 12.5. The van der Waals surface area contributed by atoms with Crippen molar-refractivity contribution in [1.82, 2.24) is 0 Å². The summed E-state index contributed by atoms with van der Waals surface area (Å²) in [5.41, 5.74) is 4.53. The molecule has 15 heavy (non-hydrogen) atoms.